The van der Waals surface area contributed by atoms with E-state index in [1.807, 2.05) is 28.2 Å². The molecule has 24 heavy (non-hydrogen) atoms. The first-order valence-electron chi connectivity index (χ1n) is 8.02. The third kappa shape index (κ3) is 5.94. The van der Waals surface area contributed by atoms with Crippen molar-refractivity contribution in [3.05, 3.63) is 59.7 Å². The molecule has 122 valence electrons. The number of hydrogen-bond acceptors (Lipinski definition) is 2. The fourth-order valence-corrected chi connectivity index (χ4v) is 2.09. The van der Waals surface area contributed by atoms with Crippen molar-refractivity contribution >= 4 is 0 Å². The number of benzene rings is 2. The van der Waals surface area contributed by atoms with Gasteiger partial charge in [-0.2, -0.15) is 0 Å². The van der Waals surface area contributed by atoms with E-state index in [9.17, 15) is 0 Å². The van der Waals surface area contributed by atoms with Crippen LogP contribution in [-0.4, -0.2) is 51.1 Å². The largest absolute Gasteiger partial charge is 0.299 e. The minimum Gasteiger partial charge on any atom is -0.299 e. The zero-order valence-electron chi connectivity index (χ0n) is 14.9. The van der Waals surface area contributed by atoms with Gasteiger partial charge in [0.2, 0.25) is 0 Å². The van der Waals surface area contributed by atoms with E-state index in [0.29, 0.717) is 0 Å². The lowest BCUT2D eigenvalue weighted by Gasteiger charge is -2.03. The lowest BCUT2D eigenvalue weighted by atomic mass is 10.0. The molecule has 0 aliphatic carbocycles. The Morgan fingerprint density at radius 2 is 0.917 bits per heavy atom. The molecule has 2 nitrogen and oxygen atoms in total. The second-order valence-electron chi connectivity index (χ2n) is 6.23. The smallest absolute Gasteiger partial charge is 0.0600 e. The van der Waals surface area contributed by atoms with Crippen molar-refractivity contribution in [2.75, 3.05) is 41.3 Å². The average molecular weight is 316 g/mol. The molecule has 0 saturated carbocycles. The molecular formula is C22H24N2. The van der Waals surface area contributed by atoms with Crippen molar-refractivity contribution in [3.8, 4) is 34.8 Å². The van der Waals surface area contributed by atoms with E-state index in [4.69, 9.17) is 0 Å². The van der Waals surface area contributed by atoms with Crippen molar-refractivity contribution in [1.29, 1.82) is 0 Å². The van der Waals surface area contributed by atoms with E-state index < -0.39 is 0 Å². The molecule has 0 aliphatic rings. The Balaban J connectivity index is 2.05. The molecule has 0 spiro atoms. The summed E-state index contributed by atoms with van der Waals surface area (Å²) in [4.78, 5) is 4.12. The van der Waals surface area contributed by atoms with Crippen LogP contribution in [-0.2, 0) is 0 Å². The zero-order valence-corrected chi connectivity index (χ0v) is 14.9. The van der Waals surface area contributed by atoms with Crippen LogP contribution in [0.4, 0.5) is 0 Å². The first-order chi connectivity index (χ1) is 11.5. The summed E-state index contributed by atoms with van der Waals surface area (Å²) >= 11 is 0. The number of nitrogens with zero attached hydrogens (tertiary/aromatic N) is 2. The minimum atomic E-state index is 0.776. The van der Waals surface area contributed by atoms with E-state index in [0.717, 1.165) is 24.2 Å². The first kappa shape index (κ1) is 17.8. The molecule has 0 amide bonds. The third-order valence-corrected chi connectivity index (χ3v) is 3.36. The molecule has 2 aromatic rings. The summed E-state index contributed by atoms with van der Waals surface area (Å²) in [5.41, 5.74) is 4.49. The summed E-state index contributed by atoms with van der Waals surface area (Å²) < 4.78 is 0. The van der Waals surface area contributed by atoms with Gasteiger partial charge in [-0.1, -0.05) is 47.9 Å². The van der Waals surface area contributed by atoms with Crippen LogP contribution < -0.4 is 0 Å². The van der Waals surface area contributed by atoms with Gasteiger partial charge in [-0.25, -0.2) is 0 Å². The highest BCUT2D eigenvalue weighted by Gasteiger charge is 1.97. The Kier molecular flexibility index (Phi) is 6.64. The predicted molar refractivity (Wildman–Crippen MR) is 103 cm³/mol. The molecule has 0 N–H and O–H groups in total. The van der Waals surface area contributed by atoms with Crippen LogP contribution >= 0.6 is 0 Å². The van der Waals surface area contributed by atoms with Crippen molar-refractivity contribution in [1.82, 2.24) is 9.80 Å². The molecule has 0 aromatic heterocycles. The van der Waals surface area contributed by atoms with Crippen LogP contribution in [0, 0.1) is 23.7 Å². The van der Waals surface area contributed by atoms with Crippen LogP contribution in [0.1, 0.15) is 11.1 Å². The Morgan fingerprint density at radius 3 is 1.21 bits per heavy atom. The fourth-order valence-electron chi connectivity index (χ4n) is 2.09. The molecule has 0 aliphatic heterocycles. The van der Waals surface area contributed by atoms with E-state index in [2.05, 4.69) is 82.0 Å². The molecule has 2 rings (SSSR count). The normalized spacial score (nSPS) is 10.1. The lowest BCUT2D eigenvalue weighted by molar-refractivity contribution is 0.464. The van der Waals surface area contributed by atoms with Gasteiger partial charge in [-0.05, 0) is 63.6 Å². The SMILES string of the molecule is CN(C)CC#Cc1ccc(-c2ccc(C#CCN(C)C)cc2)cc1. The van der Waals surface area contributed by atoms with Crippen LogP contribution in [0.15, 0.2) is 48.5 Å². The van der Waals surface area contributed by atoms with Gasteiger partial charge in [0.15, 0.2) is 0 Å². The fraction of sp³-hybridized carbons (Fsp3) is 0.273. The van der Waals surface area contributed by atoms with Crippen LogP contribution in [0.25, 0.3) is 11.1 Å². The molecule has 0 atom stereocenters. The maximum absolute atomic E-state index is 3.18. The Bertz CT molecular complexity index is 692. The molecular weight excluding hydrogens is 292 g/mol. The zero-order chi connectivity index (χ0) is 17.4. The maximum Gasteiger partial charge on any atom is 0.0600 e. The van der Waals surface area contributed by atoms with Gasteiger partial charge in [0.1, 0.15) is 0 Å². The highest BCUT2D eigenvalue weighted by molar-refractivity contribution is 5.65. The quantitative estimate of drug-likeness (QED) is 0.803. The Hall–Kier alpha value is -2.52. The third-order valence-electron chi connectivity index (χ3n) is 3.36. The van der Waals surface area contributed by atoms with E-state index in [1.54, 1.807) is 0 Å². The van der Waals surface area contributed by atoms with Crippen molar-refractivity contribution in [2.45, 2.75) is 0 Å². The van der Waals surface area contributed by atoms with Gasteiger partial charge >= 0.3 is 0 Å². The second kappa shape index (κ2) is 8.94. The van der Waals surface area contributed by atoms with Crippen LogP contribution in [0.2, 0.25) is 0 Å². The monoisotopic (exact) mass is 316 g/mol. The van der Waals surface area contributed by atoms with E-state index in [1.165, 1.54) is 11.1 Å². The number of hydrogen-bond donors (Lipinski definition) is 0. The van der Waals surface area contributed by atoms with Gasteiger partial charge in [-0.15, -0.1) is 0 Å². The molecule has 0 unspecified atom stereocenters. The van der Waals surface area contributed by atoms with Crippen LogP contribution in [0.3, 0.4) is 0 Å². The minimum absolute atomic E-state index is 0.776. The van der Waals surface area contributed by atoms with Crippen molar-refractivity contribution < 1.29 is 0 Å². The lowest BCUT2D eigenvalue weighted by Crippen LogP contribution is -2.10. The molecule has 0 heterocycles. The van der Waals surface area contributed by atoms with Gasteiger partial charge in [0.25, 0.3) is 0 Å². The van der Waals surface area contributed by atoms with E-state index in [-0.39, 0.29) is 0 Å². The predicted octanol–water partition coefficient (Wildman–Crippen LogP) is 3.18. The van der Waals surface area contributed by atoms with Gasteiger partial charge in [0.05, 0.1) is 13.1 Å². The maximum atomic E-state index is 3.18. The summed E-state index contributed by atoms with van der Waals surface area (Å²) in [5, 5.41) is 0. The molecule has 0 bridgehead atoms. The highest BCUT2D eigenvalue weighted by atomic mass is 15.0. The first-order valence-corrected chi connectivity index (χ1v) is 8.02. The van der Waals surface area contributed by atoms with Gasteiger partial charge in [0, 0.05) is 11.1 Å². The molecule has 0 radical (unpaired) electrons. The summed E-state index contributed by atoms with van der Waals surface area (Å²) in [7, 11) is 8.08. The summed E-state index contributed by atoms with van der Waals surface area (Å²) in [6.07, 6.45) is 0. The second-order valence-corrected chi connectivity index (χ2v) is 6.23. The molecule has 0 fully saturated rings. The summed E-state index contributed by atoms with van der Waals surface area (Å²) in [6, 6.07) is 16.8. The standard InChI is InChI=1S/C22H24N2/c1-23(2)17-5-7-19-9-13-21(14-10-19)22-15-11-20(12-16-22)8-6-18-24(3)4/h9-16H,17-18H2,1-4H3. The molecule has 2 aromatic carbocycles. The molecule has 0 saturated heterocycles. The van der Waals surface area contributed by atoms with Crippen molar-refractivity contribution in [2.24, 2.45) is 0 Å². The summed E-state index contributed by atoms with van der Waals surface area (Å²) in [5.74, 6) is 12.7. The Labute approximate surface area is 146 Å². The molecule has 2 heteroatoms. The Morgan fingerprint density at radius 1 is 0.583 bits per heavy atom. The van der Waals surface area contributed by atoms with E-state index >= 15 is 0 Å². The average Bonchev–Trinajstić information content (AvgIpc) is 2.56. The number of rotatable bonds is 3. The topological polar surface area (TPSA) is 6.48 Å². The van der Waals surface area contributed by atoms with Gasteiger partial charge < -0.3 is 0 Å². The van der Waals surface area contributed by atoms with Gasteiger partial charge in [-0.3, -0.25) is 9.80 Å². The van der Waals surface area contributed by atoms with Crippen LogP contribution in [0.5, 0.6) is 0 Å². The summed E-state index contributed by atoms with van der Waals surface area (Å²) in [6.45, 7) is 1.55. The highest BCUT2D eigenvalue weighted by Crippen LogP contribution is 2.20. The van der Waals surface area contributed by atoms with Crippen molar-refractivity contribution in [3.63, 3.8) is 0 Å².